The van der Waals surface area contributed by atoms with Gasteiger partial charge in [0.15, 0.2) is 23.2 Å². The number of phenols is 2. The molecule has 1 aliphatic heterocycles. The Morgan fingerprint density at radius 3 is 2.54 bits per heavy atom. The van der Waals surface area contributed by atoms with Gasteiger partial charge < -0.3 is 41.0 Å². The van der Waals surface area contributed by atoms with Gasteiger partial charge in [0.05, 0.1) is 37.5 Å². The molecule has 3 aromatic rings. The van der Waals surface area contributed by atoms with Gasteiger partial charge in [-0.3, -0.25) is 4.79 Å². The molecule has 10 heteroatoms. The van der Waals surface area contributed by atoms with Gasteiger partial charge in [-0.05, 0) is 189 Å². The number of methoxy groups -OCH3 is 1. The minimum absolute atomic E-state index is 0.0454. The number of phenolic OH excluding ortho intramolecular Hbond substituents is 2. The molecule has 7 N–H and O–H groups in total. The number of allylic oxidation sites excluding steroid dienone is 6. The summed E-state index contributed by atoms with van der Waals surface area (Å²) in [6.45, 7) is 2.53. The smallest absolute Gasteiger partial charge is 0.189 e. The lowest BCUT2D eigenvalue weighted by Crippen LogP contribution is -2.50. The van der Waals surface area contributed by atoms with E-state index in [2.05, 4.69) is 90.9 Å². The van der Waals surface area contributed by atoms with E-state index in [0.717, 1.165) is 122 Å². The Balaban J connectivity index is 1.12. The summed E-state index contributed by atoms with van der Waals surface area (Å²) >= 11 is 0. The van der Waals surface area contributed by atoms with Crippen LogP contribution in [0.1, 0.15) is 173 Å². The average molecular weight is 1050 g/mol. The first-order valence-corrected chi connectivity index (χ1v) is 30.1. The number of ether oxygens (including phenoxy) is 2. The van der Waals surface area contributed by atoms with Crippen LogP contribution >= 0.6 is 0 Å². The summed E-state index contributed by atoms with van der Waals surface area (Å²) in [4.78, 5) is 21.2. The van der Waals surface area contributed by atoms with Crippen molar-refractivity contribution < 1.29 is 34.7 Å². The largest absolute Gasteiger partial charge is 0.508 e. The van der Waals surface area contributed by atoms with Gasteiger partial charge in [0, 0.05) is 53.4 Å². The van der Waals surface area contributed by atoms with Gasteiger partial charge in [0.2, 0.25) is 0 Å². The second-order valence-electron chi connectivity index (χ2n) is 26.0. The van der Waals surface area contributed by atoms with Crippen LogP contribution in [0, 0.1) is 58.7 Å². The highest BCUT2D eigenvalue weighted by atomic mass is 16.5. The molecule has 9 aliphatic carbocycles. The van der Waals surface area contributed by atoms with Gasteiger partial charge in [0.25, 0.3) is 0 Å². The third-order valence-electron chi connectivity index (χ3n) is 21.4. The van der Waals surface area contributed by atoms with E-state index < -0.39 is 16.4 Å². The first-order valence-electron chi connectivity index (χ1n) is 30.1. The maximum atomic E-state index is 15.7. The SMILES string of the molecule is COCC1C2C=C3C4CC(C)CC35C=CC3CC6CC7(CO)C=CCCC7C(CO)=C6C(=O)CC3c3cc(OC6CCCC6)c(O)c(c3C#CCC(C2)N=C(N)NC2(CCCCC2)c2cccc(c2)Cc2cc(O)cc5c2)C41. The number of nitrogens with one attached hydrogen (secondary N) is 1. The van der Waals surface area contributed by atoms with Gasteiger partial charge in [-0.2, -0.15) is 0 Å². The Kier molecular flexibility index (Phi) is 13.6. The molecule has 0 amide bonds. The molecule has 78 heavy (non-hydrogen) atoms. The number of nitrogens with zero attached hydrogens (tertiary/aromatic N) is 1. The second kappa shape index (κ2) is 20.5. The summed E-state index contributed by atoms with van der Waals surface area (Å²) in [7, 11) is 1.80. The predicted octanol–water partition coefficient (Wildman–Crippen LogP) is 11.4. The summed E-state index contributed by atoms with van der Waals surface area (Å²) < 4.78 is 13.5. The minimum atomic E-state index is -0.705. The van der Waals surface area contributed by atoms with Gasteiger partial charge in [0.1, 0.15) is 5.75 Å². The molecular formula is C68H81N3O7. The number of hydrogen-bond acceptors (Lipinski definition) is 10. The van der Waals surface area contributed by atoms with Gasteiger partial charge >= 0.3 is 0 Å². The molecule has 3 aromatic carbocycles. The Bertz CT molecular complexity index is 3090. The van der Waals surface area contributed by atoms with Crippen molar-refractivity contribution in [1.29, 1.82) is 0 Å². The van der Waals surface area contributed by atoms with Crippen LogP contribution in [0.3, 0.4) is 0 Å². The van der Waals surface area contributed by atoms with E-state index in [-0.39, 0.29) is 102 Å². The Morgan fingerprint density at radius 2 is 1.73 bits per heavy atom. The topological polar surface area (TPSA) is 167 Å². The number of carbonyl (C=O) groups is 1. The molecule has 410 valence electrons. The number of benzene rings is 3. The zero-order valence-corrected chi connectivity index (χ0v) is 46.0. The van der Waals surface area contributed by atoms with E-state index in [1.165, 1.54) is 17.6 Å². The number of aromatic hydroxyl groups is 2. The van der Waals surface area contributed by atoms with E-state index in [1.807, 2.05) is 12.1 Å². The predicted molar refractivity (Wildman–Crippen MR) is 304 cm³/mol. The molecule has 12 unspecified atom stereocenters. The molecule has 1 heterocycles. The highest BCUT2D eigenvalue weighted by Crippen LogP contribution is 2.64. The molecule has 0 radical (unpaired) electrons. The summed E-state index contributed by atoms with van der Waals surface area (Å²) in [6.07, 6.45) is 27.4. The molecular weight excluding hydrogens is 971 g/mol. The monoisotopic (exact) mass is 1050 g/mol. The van der Waals surface area contributed by atoms with Gasteiger partial charge in [-0.15, -0.1) is 0 Å². The number of guanidine groups is 1. The number of aliphatic hydroxyl groups is 2. The molecule has 12 atom stereocenters. The number of aliphatic imine (C=N–C) groups is 1. The standard InChI is InChI=1S/C68H81N3O7/c1-40-24-54-58-31-44-30-48-14-11-17-51-53(34-60(78-50-15-4-5-16-50)64(76)63(51)62(54)56(44)38-77-2)52-33-59(75)61-45(36-66(39-73)20-9-6-18-57(66)55(61)37-72)29-43(52)19-23-67(58,35-40)47-27-42(28-49(74)32-47)25-41-12-10-13-46(26-41)68(71-65(69)70-48)21-7-3-8-22-68/h9-10,12-13,19-20,23,26-28,31-32,34,40,43-45,48,50,52,54,56-57,62,72-74,76H,3-8,14-16,18,21-22,24-25,29-30,33,35-39H2,1-2H3,(H3,69,70,71). The van der Waals surface area contributed by atoms with E-state index in [4.69, 9.17) is 20.2 Å². The average Bonchev–Trinajstić information content (AvgIpc) is 3.67. The lowest BCUT2D eigenvalue weighted by Gasteiger charge is -2.54. The number of Topliss-reactive ketones (excluding diaryl/α,β-unsaturated/α-hetero) is 1. The third-order valence-corrected chi connectivity index (χ3v) is 21.4. The molecule has 13 rings (SSSR count). The van der Waals surface area contributed by atoms with Crippen molar-refractivity contribution in [2.24, 2.45) is 57.6 Å². The highest BCUT2D eigenvalue weighted by Gasteiger charge is 2.55. The molecule has 10 nitrogen and oxygen atoms in total. The maximum absolute atomic E-state index is 15.7. The lowest BCUT2D eigenvalue weighted by atomic mass is 9.50. The zero-order valence-electron chi connectivity index (χ0n) is 46.0. The number of ketones is 1. The number of nitrogens with two attached hydrogens (primary N) is 1. The van der Waals surface area contributed by atoms with E-state index in [9.17, 15) is 20.4 Å². The number of aliphatic hydroxyl groups excluding tert-OH is 2. The van der Waals surface area contributed by atoms with Crippen LogP contribution in [0.5, 0.6) is 17.2 Å². The fraction of sp³-hybridized carbons (Fsp3) is 0.559. The highest BCUT2D eigenvalue weighted by molar-refractivity contribution is 5.98. The van der Waals surface area contributed by atoms with Gasteiger partial charge in [-0.1, -0.05) is 104 Å². The van der Waals surface area contributed by atoms with Crippen molar-refractivity contribution in [2.75, 3.05) is 26.9 Å². The normalized spacial score (nSPS) is 34.6. The molecule has 10 aliphatic rings. The number of carbonyl (C=O) groups excluding carboxylic acids is 1. The summed E-state index contributed by atoms with van der Waals surface area (Å²) in [5, 5.41) is 52.3. The Labute approximate surface area is 461 Å². The number of rotatable bonds is 6. The first kappa shape index (κ1) is 51.8. The minimum Gasteiger partial charge on any atom is -0.508 e. The molecule has 1 spiro atoms. The Hall–Kier alpha value is -5.60. The first-order chi connectivity index (χ1) is 37.9. The van der Waals surface area contributed by atoms with Crippen LogP contribution in [-0.4, -0.2) is 71.2 Å². The second-order valence-corrected chi connectivity index (χ2v) is 26.0. The number of hydrogen-bond donors (Lipinski definition) is 6. The van der Waals surface area contributed by atoms with E-state index >= 15 is 4.79 Å². The lowest BCUT2D eigenvalue weighted by molar-refractivity contribution is -0.116. The van der Waals surface area contributed by atoms with Crippen LogP contribution < -0.4 is 15.8 Å². The Morgan fingerprint density at radius 1 is 0.897 bits per heavy atom. The fourth-order valence-corrected chi connectivity index (χ4v) is 18.2. The van der Waals surface area contributed by atoms with Crippen molar-refractivity contribution >= 4 is 11.7 Å². The fourth-order valence-electron chi connectivity index (χ4n) is 18.2. The zero-order chi connectivity index (χ0) is 53.5. The van der Waals surface area contributed by atoms with Crippen LogP contribution in [0.25, 0.3) is 0 Å². The molecule has 4 saturated carbocycles. The molecule has 0 aromatic heterocycles. The quantitative estimate of drug-likeness (QED) is 0.104. The van der Waals surface area contributed by atoms with Gasteiger partial charge in [-0.25, -0.2) is 4.99 Å². The van der Waals surface area contributed by atoms with Crippen LogP contribution in [-0.2, 0) is 26.9 Å². The van der Waals surface area contributed by atoms with Crippen molar-refractivity contribution in [3.63, 3.8) is 0 Å². The summed E-state index contributed by atoms with van der Waals surface area (Å²) in [5.41, 5.74) is 15.4. The summed E-state index contributed by atoms with van der Waals surface area (Å²) in [5.74, 6) is 7.66. The molecule has 13 bridgehead atoms. The van der Waals surface area contributed by atoms with Crippen LogP contribution in [0.4, 0.5) is 0 Å². The third kappa shape index (κ3) is 8.79. The maximum Gasteiger partial charge on any atom is 0.189 e. The number of fused-ring (bicyclic) bond motifs is 10. The van der Waals surface area contributed by atoms with Crippen LogP contribution in [0.15, 0.2) is 101 Å². The van der Waals surface area contributed by atoms with Crippen molar-refractivity contribution in [3.8, 4) is 29.1 Å². The molecule has 4 fully saturated rings. The van der Waals surface area contributed by atoms with Crippen molar-refractivity contribution in [2.45, 2.75) is 164 Å². The van der Waals surface area contributed by atoms with E-state index in [1.54, 1.807) is 7.11 Å². The summed E-state index contributed by atoms with van der Waals surface area (Å²) in [6, 6.07) is 17.1. The molecule has 0 saturated heterocycles. The van der Waals surface area contributed by atoms with Crippen molar-refractivity contribution in [1.82, 2.24) is 5.32 Å². The van der Waals surface area contributed by atoms with E-state index in [0.29, 0.717) is 50.4 Å². The van der Waals surface area contributed by atoms with Crippen LogP contribution in [0.2, 0.25) is 0 Å². The van der Waals surface area contributed by atoms with Crippen molar-refractivity contribution in [3.05, 3.63) is 135 Å².